The maximum Gasteiger partial charge on any atom is 0.171 e. The van der Waals surface area contributed by atoms with Crippen LogP contribution < -0.4 is 5.73 Å². The van der Waals surface area contributed by atoms with E-state index in [1.165, 1.54) is 34.7 Å². The first-order chi connectivity index (χ1) is 11.8. The Kier molecular flexibility index (Phi) is 2.97. The number of nitrogens with zero attached hydrogens (tertiary/aromatic N) is 2. The number of hydrogen-bond acceptors (Lipinski definition) is 4. The predicted octanol–water partition coefficient (Wildman–Crippen LogP) is 4.81. The Morgan fingerprint density at radius 2 is 1.88 bits per heavy atom. The van der Waals surface area contributed by atoms with E-state index in [-0.39, 0.29) is 0 Å². The summed E-state index contributed by atoms with van der Waals surface area (Å²) >= 11 is 1.54. The highest BCUT2D eigenvalue weighted by molar-refractivity contribution is 7.19. The standard InChI is InChI=1S/C19H16N4S/c20-18-16(9-17(24-18)19-21-10-22-23-19)15-8-7-12(11-5-6-11)13-3-1-2-4-14(13)15/h1-4,7-11H,5-6,20H2,(H,21,22,23). The molecule has 1 aliphatic carbocycles. The molecule has 3 N–H and O–H groups in total. The minimum Gasteiger partial charge on any atom is -0.390 e. The Morgan fingerprint density at radius 3 is 2.62 bits per heavy atom. The SMILES string of the molecule is Nc1sc(-c2nnc[nH]2)cc1-c1ccc(C2CC2)c2ccccc12. The summed E-state index contributed by atoms with van der Waals surface area (Å²) in [4.78, 5) is 4.06. The van der Waals surface area contributed by atoms with Gasteiger partial charge in [-0.1, -0.05) is 36.4 Å². The molecule has 2 aromatic heterocycles. The van der Waals surface area contributed by atoms with Crippen LogP contribution in [0.4, 0.5) is 5.00 Å². The fraction of sp³-hybridized carbons (Fsp3) is 0.158. The van der Waals surface area contributed by atoms with Crippen LogP contribution in [0.5, 0.6) is 0 Å². The topological polar surface area (TPSA) is 67.6 Å². The molecule has 0 amide bonds. The van der Waals surface area contributed by atoms with Gasteiger partial charge in [-0.15, -0.1) is 21.5 Å². The summed E-state index contributed by atoms with van der Waals surface area (Å²) in [6.45, 7) is 0. The molecule has 0 unspecified atom stereocenters. The van der Waals surface area contributed by atoms with Crippen LogP contribution in [0.25, 0.3) is 32.6 Å². The highest BCUT2D eigenvalue weighted by atomic mass is 32.1. The van der Waals surface area contributed by atoms with E-state index >= 15 is 0 Å². The number of aromatic nitrogens is 3. The quantitative estimate of drug-likeness (QED) is 0.565. The van der Waals surface area contributed by atoms with Crippen molar-refractivity contribution in [2.75, 3.05) is 5.73 Å². The van der Waals surface area contributed by atoms with Crippen LogP contribution in [0.3, 0.4) is 0 Å². The van der Waals surface area contributed by atoms with E-state index in [2.05, 4.69) is 57.6 Å². The molecular weight excluding hydrogens is 316 g/mol. The second kappa shape index (κ2) is 5.18. The molecule has 4 aromatic rings. The number of hydrogen-bond donors (Lipinski definition) is 2. The molecule has 1 aliphatic rings. The predicted molar refractivity (Wildman–Crippen MR) is 99.0 cm³/mol. The maximum absolute atomic E-state index is 6.34. The zero-order chi connectivity index (χ0) is 16.1. The van der Waals surface area contributed by atoms with E-state index in [0.29, 0.717) is 0 Å². The lowest BCUT2D eigenvalue weighted by Crippen LogP contribution is -1.89. The minimum atomic E-state index is 0.730. The molecule has 1 fully saturated rings. The van der Waals surface area contributed by atoms with Crippen molar-refractivity contribution < 1.29 is 0 Å². The number of fused-ring (bicyclic) bond motifs is 1. The Hall–Kier alpha value is -2.66. The molecule has 5 rings (SSSR count). The number of anilines is 1. The second-order valence-corrected chi connectivity index (χ2v) is 7.33. The summed E-state index contributed by atoms with van der Waals surface area (Å²) in [5, 5.41) is 11.4. The number of benzene rings is 2. The van der Waals surface area contributed by atoms with Gasteiger partial charge < -0.3 is 10.7 Å². The van der Waals surface area contributed by atoms with Gasteiger partial charge in [0.05, 0.1) is 9.88 Å². The van der Waals surface area contributed by atoms with Crippen LogP contribution in [-0.4, -0.2) is 15.2 Å². The highest BCUT2D eigenvalue weighted by Gasteiger charge is 2.26. The molecule has 0 bridgehead atoms. The summed E-state index contributed by atoms with van der Waals surface area (Å²) < 4.78 is 0. The lowest BCUT2D eigenvalue weighted by Gasteiger charge is -2.10. The van der Waals surface area contributed by atoms with Crippen molar-refractivity contribution in [3.63, 3.8) is 0 Å². The average Bonchev–Trinajstić information content (AvgIpc) is 3.15. The number of thiophene rings is 1. The number of nitrogens with one attached hydrogen (secondary N) is 1. The Morgan fingerprint density at radius 1 is 1.04 bits per heavy atom. The van der Waals surface area contributed by atoms with E-state index in [4.69, 9.17) is 5.73 Å². The van der Waals surface area contributed by atoms with Crippen molar-refractivity contribution in [3.8, 4) is 21.8 Å². The van der Waals surface area contributed by atoms with Crippen molar-refractivity contribution in [1.82, 2.24) is 15.2 Å². The highest BCUT2D eigenvalue weighted by Crippen LogP contribution is 2.46. The van der Waals surface area contributed by atoms with Crippen LogP contribution in [0.15, 0.2) is 48.8 Å². The number of nitrogens with two attached hydrogens (primary N) is 1. The Labute approximate surface area is 143 Å². The van der Waals surface area contributed by atoms with Crippen LogP contribution in [0.2, 0.25) is 0 Å². The molecule has 0 aliphatic heterocycles. The van der Waals surface area contributed by atoms with Gasteiger partial charge in [0.15, 0.2) is 5.82 Å². The van der Waals surface area contributed by atoms with Gasteiger partial charge in [0.25, 0.3) is 0 Å². The van der Waals surface area contributed by atoms with Gasteiger partial charge in [-0.3, -0.25) is 0 Å². The number of H-pyrrole nitrogens is 1. The third kappa shape index (κ3) is 2.12. The molecule has 118 valence electrons. The van der Waals surface area contributed by atoms with E-state index < -0.39 is 0 Å². The van der Waals surface area contributed by atoms with Crippen molar-refractivity contribution in [2.24, 2.45) is 0 Å². The normalized spacial score (nSPS) is 14.3. The van der Waals surface area contributed by atoms with Gasteiger partial charge in [-0.2, -0.15) is 0 Å². The van der Waals surface area contributed by atoms with Gasteiger partial charge in [0.1, 0.15) is 6.33 Å². The van der Waals surface area contributed by atoms with E-state index in [0.717, 1.165) is 27.2 Å². The van der Waals surface area contributed by atoms with Crippen molar-refractivity contribution in [3.05, 3.63) is 54.4 Å². The maximum atomic E-state index is 6.34. The van der Waals surface area contributed by atoms with Crippen LogP contribution in [0, 0.1) is 0 Å². The van der Waals surface area contributed by atoms with E-state index in [9.17, 15) is 0 Å². The summed E-state index contributed by atoms with van der Waals surface area (Å²) in [7, 11) is 0. The summed E-state index contributed by atoms with van der Waals surface area (Å²) in [6.07, 6.45) is 4.20. The zero-order valence-electron chi connectivity index (χ0n) is 13.0. The number of aromatic amines is 1. The Bertz CT molecular complexity index is 1030. The molecular formula is C19H16N4S. The summed E-state index contributed by atoms with van der Waals surface area (Å²) in [5.41, 5.74) is 10.1. The molecule has 24 heavy (non-hydrogen) atoms. The smallest absolute Gasteiger partial charge is 0.171 e. The van der Waals surface area contributed by atoms with E-state index in [1.54, 1.807) is 17.7 Å². The second-order valence-electron chi connectivity index (χ2n) is 6.25. The molecule has 0 radical (unpaired) electrons. The summed E-state index contributed by atoms with van der Waals surface area (Å²) in [5.74, 6) is 1.49. The first kappa shape index (κ1) is 13.7. The van der Waals surface area contributed by atoms with Crippen LogP contribution in [-0.2, 0) is 0 Å². The molecule has 5 heteroatoms. The Balaban J connectivity index is 1.71. The van der Waals surface area contributed by atoms with Crippen LogP contribution >= 0.6 is 11.3 Å². The third-order valence-corrected chi connectivity index (χ3v) is 5.65. The van der Waals surface area contributed by atoms with Gasteiger partial charge in [-0.05, 0) is 46.7 Å². The zero-order valence-corrected chi connectivity index (χ0v) is 13.8. The first-order valence-electron chi connectivity index (χ1n) is 8.09. The molecule has 1 saturated carbocycles. The fourth-order valence-electron chi connectivity index (χ4n) is 3.37. The summed E-state index contributed by atoms with van der Waals surface area (Å²) in [6, 6.07) is 15.3. The van der Waals surface area contributed by atoms with Gasteiger partial charge in [0, 0.05) is 5.56 Å². The first-order valence-corrected chi connectivity index (χ1v) is 8.90. The van der Waals surface area contributed by atoms with Crippen molar-refractivity contribution in [2.45, 2.75) is 18.8 Å². The lowest BCUT2D eigenvalue weighted by atomic mass is 9.94. The van der Waals surface area contributed by atoms with E-state index in [1.807, 2.05) is 0 Å². The lowest BCUT2D eigenvalue weighted by molar-refractivity contribution is 1.10. The molecule has 0 spiro atoms. The molecule has 4 nitrogen and oxygen atoms in total. The molecule has 0 atom stereocenters. The van der Waals surface area contributed by atoms with Crippen LogP contribution in [0.1, 0.15) is 24.3 Å². The minimum absolute atomic E-state index is 0.730. The van der Waals surface area contributed by atoms with Gasteiger partial charge in [-0.25, -0.2) is 0 Å². The number of rotatable bonds is 3. The van der Waals surface area contributed by atoms with Gasteiger partial charge in [0.2, 0.25) is 0 Å². The molecule has 2 heterocycles. The average molecular weight is 332 g/mol. The van der Waals surface area contributed by atoms with Crippen molar-refractivity contribution >= 4 is 27.1 Å². The number of nitrogen functional groups attached to an aromatic ring is 1. The molecule has 2 aromatic carbocycles. The monoisotopic (exact) mass is 332 g/mol. The third-order valence-electron chi connectivity index (χ3n) is 4.68. The fourth-order valence-corrected chi connectivity index (χ4v) is 4.25. The largest absolute Gasteiger partial charge is 0.390 e. The van der Waals surface area contributed by atoms with Crippen molar-refractivity contribution in [1.29, 1.82) is 0 Å². The molecule has 0 saturated heterocycles. The van der Waals surface area contributed by atoms with Gasteiger partial charge >= 0.3 is 0 Å².